The lowest BCUT2D eigenvalue weighted by Crippen LogP contribution is -2.53. The van der Waals surface area contributed by atoms with Gasteiger partial charge in [0.25, 0.3) is 0 Å². The average Bonchev–Trinajstić information content (AvgIpc) is 2.40. The number of nitrogens with two attached hydrogens (primary N) is 1. The molecule has 1 amide bonds. The van der Waals surface area contributed by atoms with E-state index in [1.165, 1.54) is 12.8 Å². The predicted molar refractivity (Wildman–Crippen MR) is 57.9 cm³/mol. The molecule has 1 aliphatic rings. The van der Waals surface area contributed by atoms with Crippen LogP contribution < -0.4 is 11.1 Å². The van der Waals surface area contributed by atoms with Crippen LogP contribution in [0.5, 0.6) is 0 Å². The van der Waals surface area contributed by atoms with E-state index < -0.39 is 5.54 Å². The van der Waals surface area contributed by atoms with E-state index in [0.29, 0.717) is 0 Å². The number of rotatable bonds is 3. The second-order valence-corrected chi connectivity index (χ2v) is 4.40. The van der Waals surface area contributed by atoms with Crippen LogP contribution in [0, 0.1) is 5.92 Å². The van der Waals surface area contributed by atoms with Gasteiger partial charge in [-0.2, -0.15) is 0 Å². The highest BCUT2D eigenvalue weighted by molar-refractivity contribution is 5.84. The minimum atomic E-state index is -0.427. The molecular formula is C11H22N2O. The van der Waals surface area contributed by atoms with Gasteiger partial charge in [-0.05, 0) is 32.2 Å². The number of hydrogen-bond acceptors (Lipinski definition) is 2. The lowest BCUT2D eigenvalue weighted by molar-refractivity contribution is -0.124. The average molecular weight is 198 g/mol. The number of nitrogens with one attached hydrogen (secondary N) is 1. The summed E-state index contributed by atoms with van der Waals surface area (Å²) in [5, 5.41) is 3.13. The molecule has 0 aromatic carbocycles. The molecule has 1 saturated carbocycles. The number of hydrogen-bond donors (Lipinski definition) is 2. The standard InChI is InChI=1S/C11H22N2O/c1-3-9-5-4-7-11(13-2,8-6-9)10(12)14/h9,13H,3-8H2,1-2H3,(H2,12,14). The third kappa shape index (κ3) is 2.27. The summed E-state index contributed by atoms with van der Waals surface area (Å²) >= 11 is 0. The van der Waals surface area contributed by atoms with Crippen LogP contribution in [0.15, 0.2) is 0 Å². The first-order valence-corrected chi connectivity index (χ1v) is 5.63. The predicted octanol–water partition coefficient (Wildman–Crippen LogP) is 1.42. The minimum absolute atomic E-state index is 0.184. The van der Waals surface area contributed by atoms with E-state index in [0.717, 1.165) is 31.6 Å². The van der Waals surface area contributed by atoms with Gasteiger partial charge in [-0.3, -0.25) is 4.79 Å². The first kappa shape index (κ1) is 11.5. The molecule has 82 valence electrons. The number of carbonyl (C=O) groups is 1. The van der Waals surface area contributed by atoms with Crippen LogP contribution in [-0.4, -0.2) is 18.5 Å². The summed E-state index contributed by atoms with van der Waals surface area (Å²) in [6.07, 6.45) is 6.50. The maximum absolute atomic E-state index is 11.4. The molecule has 2 unspecified atom stereocenters. The van der Waals surface area contributed by atoms with Crippen molar-refractivity contribution in [2.24, 2.45) is 11.7 Å². The summed E-state index contributed by atoms with van der Waals surface area (Å²) in [5.74, 6) is 0.598. The number of primary amides is 1. The second-order valence-electron chi connectivity index (χ2n) is 4.40. The highest BCUT2D eigenvalue weighted by Gasteiger charge is 2.36. The number of carbonyl (C=O) groups excluding carboxylic acids is 1. The minimum Gasteiger partial charge on any atom is -0.368 e. The fraction of sp³-hybridized carbons (Fsp3) is 0.909. The summed E-state index contributed by atoms with van der Waals surface area (Å²) < 4.78 is 0. The Morgan fingerprint density at radius 1 is 1.50 bits per heavy atom. The molecule has 0 aliphatic heterocycles. The van der Waals surface area contributed by atoms with Crippen LogP contribution in [0.4, 0.5) is 0 Å². The second kappa shape index (κ2) is 4.78. The molecule has 0 spiro atoms. The fourth-order valence-electron chi connectivity index (χ4n) is 2.44. The summed E-state index contributed by atoms with van der Waals surface area (Å²) in [6.45, 7) is 2.22. The van der Waals surface area contributed by atoms with Gasteiger partial charge >= 0.3 is 0 Å². The highest BCUT2D eigenvalue weighted by atomic mass is 16.1. The molecule has 0 heterocycles. The van der Waals surface area contributed by atoms with Gasteiger partial charge in [0.15, 0.2) is 0 Å². The normalized spacial score (nSPS) is 33.7. The lowest BCUT2D eigenvalue weighted by atomic mass is 9.89. The Hall–Kier alpha value is -0.570. The van der Waals surface area contributed by atoms with Crippen LogP contribution in [0.3, 0.4) is 0 Å². The van der Waals surface area contributed by atoms with E-state index in [9.17, 15) is 4.79 Å². The molecule has 0 bridgehead atoms. The molecule has 2 atom stereocenters. The van der Waals surface area contributed by atoms with E-state index in [1.807, 2.05) is 7.05 Å². The van der Waals surface area contributed by atoms with Crippen molar-refractivity contribution in [3.8, 4) is 0 Å². The molecule has 0 saturated heterocycles. The monoisotopic (exact) mass is 198 g/mol. The Morgan fingerprint density at radius 3 is 2.71 bits per heavy atom. The van der Waals surface area contributed by atoms with Crippen molar-refractivity contribution in [1.82, 2.24) is 5.32 Å². The van der Waals surface area contributed by atoms with Gasteiger partial charge in [0.1, 0.15) is 0 Å². The van der Waals surface area contributed by atoms with E-state index in [4.69, 9.17) is 5.73 Å². The Balaban J connectivity index is 2.66. The van der Waals surface area contributed by atoms with Gasteiger partial charge in [0.2, 0.25) is 5.91 Å². The van der Waals surface area contributed by atoms with Crippen LogP contribution in [0.2, 0.25) is 0 Å². The molecule has 0 aromatic rings. The zero-order valence-corrected chi connectivity index (χ0v) is 9.31. The van der Waals surface area contributed by atoms with Crippen molar-refractivity contribution in [3.05, 3.63) is 0 Å². The summed E-state index contributed by atoms with van der Waals surface area (Å²) in [4.78, 5) is 11.4. The molecule has 3 N–H and O–H groups in total. The maximum Gasteiger partial charge on any atom is 0.237 e. The Kier molecular flexibility index (Phi) is 3.93. The van der Waals surface area contributed by atoms with Crippen molar-refractivity contribution in [3.63, 3.8) is 0 Å². The quantitative estimate of drug-likeness (QED) is 0.674. The van der Waals surface area contributed by atoms with Crippen LogP contribution >= 0.6 is 0 Å². The lowest BCUT2D eigenvalue weighted by Gasteiger charge is -2.28. The van der Waals surface area contributed by atoms with Gasteiger partial charge in [0.05, 0.1) is 5.54 Å². The maximum atomic E-state index is 11.4. The van der Waals surface area contributed by atoms with Gasteiger partial charge in [-0.25, -0.2) is 0 Å². The largest absolute Gasteiger partial charge is 0.368 e. The van der Waals surface area contributed by atoms with Crippen molar-refractivity contribution < 1.29 is 4.79 Å². The molecule has 14 heavy (non-hydrogen) atoms. The van der Waals surface area contributed by atoms with Gasteiger partial charge < -0.3 is 11.1 Å². The van der Waals surface area contributed by atoms with E-state index in [-0.39, 0.29) is 5.91 Å². The summed E-state index contributed by atoms with van der Waals surface area (Å²) in [7, 11) is 1.84. The molecule has 1 aliphatic carbocycles. The SMILES string of the molecule is CCC1CCCC(NC)(C(N)=O)CC1. The smallest absolute Gasteiger partial charge is 0.237 e. The molecule has 3 nitrogen and oxygen atoms in total. The number of amides is 1. The van der Waals surface area contributed by atoms with Crippen molar-refractivity contribution in [2.75, 3.05) is 7.05 Å². The topological polar surface area (TPSA) is 55.1 Å². The van der Waals surface area contributed by atoms with Crippen molar-refractivity contribution in [2.45, 2.75) is 51.0 Å². The molecule has 0 aromatic heterocycles. The Labute approximate surface area is 86.4 Å². The van der Waals surface area contributed by atoms with E-state index in [1.54, 1.807) is 0 Å². The zero-order chi connectivity index (χ0) is 10.6. The molecule has 1 rings (SSSR count). The zero-order valence-electron chi connectivity index (χ0n) is 9.31. The highest BCUT2D eigenvalue weighted by Crippen LogP contribution is 2.31. The van der Waals surface area contributed by atoms with Crippen LogP contribution in [0.25, 0.3) is 0 Å². The molecule has 3 heteroatoms. The fourth-order valence-corrected chi connectivity index (χ4v) is 2.44. The van der Waals surface area contributed by atoms with Gasteiger partial charge in [0, 0.05) is 0 Å². The first-order valence-electron chi connectivity index (χ1n) is 5.63. The Bertz CT molecular complexity index is 205. The van der Waals surface area contributed by atoms with Gasteiger partial charge in [-0.15, -0.1) is 0 Å². The first-order chi connectivity index (χ1) is 6.64. The molecular weight excluding hydrogens is 176 g/mol. The van der Waals surface area contributed by atoms with Crippen molar-refractivity contribution in [1.29, 1.82) is 0 Å². The van der Waals surface area contributed by atoms with Crippen LogP contribution in [-0.2, 0) is 4.79 Å². The molecule has 1 fully saturated rings. The Morgan fingerprint density at radius 2 is 2.21 bits per heavy atom. The van der Waals surface area contributed by atoms with E-state index in [2.05, 4.69) is 12.2 Å². The summed E-state index contributed by atoms with van der Waals surface area (Å²) in [5.41, 5.74) is 5.04. The van der Waals surface area contributed by atoms with E-state index >= 15 is 0 Å². The summed E-state index contributed by atoms with van der Waals surface area (Å²) in [6, 6.07) is 0. The third-order valence-corrected chi connectivity index (χ3v) is 3.72. The molecule has 0 radical (unpaired) electrons. The number of likely N-dealkylation sites (N-methyl/N-ethyl adjacent to an activating group) is 1. The van der Waals surface area contributed by atoms with Crippen molar-refractivity contribution >= 4 is 5.91 Å². The van der Waals surface area contributed by atoms with Gasteiger partial charge in [-0.1, -0.05) is 26.2 Å². The van der Waals surface area contributed by atoms with Crippen LogP contribution in [0.1, 0.15) is 45.4 Å². The third-order valence-electron chi connectivity index (χ3n) is 3.72.